The van der Waals surface area contributed by atoms with Crippen LogP contribution in [0, 0.1) is 0 Å². The first-order valence-electron chi connectivity index (χ1n) is 12.7. The molecule has 0 heterocycles. The average molecular weight is 625 g/mol. The molecule has 0 bridgehead atoms. The van der Waals surface area contributed by atoms with Gasteiger partial charge in [-0.2, -0.15) is 0 Å². The Bertz CT molecular complexity index is 1420. The Hall–Kier alpha value is -2.78. The van der Waals surface area contributed by atoms with E-state index in [9.17, 15) is 18.0 Å². The maximum absolute atomic E-state index is 14.1. The molecular weight excluding hydrogens is 593 g/mol. The standard InChI is InChI=1S/C29H32Cl3N3O4S/c1-4-20(2)33-29(37)27(14-21-10-6-5-7-11-21)34(18-22-12-8-9-13-26(22)32)28(36)19-35(40(3,38)39)25-16-23(30)15-24(31)17-25/h5-13,15-17,20,27H,4,14,18-19H2,1-3H3,(H,33,37). The fourth-order valence-corrected chi connectivity index (χ4v) is 5.65. The Morgan fingerprint density at radius 3 is 2.10 bits per heavy atom. The smallest absolute Gasteiger partial charge is 0.244 e. The number of nitrogens with one attached hydrogen (secondary N) is 1. The van der Waals surface area contributed by atoms with Gasteiger partial charge in [-0.05, 0) is 48.7 Å². The molecule has 0 aromatic heterocycles. The largest absolute Gasteiger partial charge is 0.352 e. The number of rotatable bonds is 12. The molecule has 0 radical (unpaired) electrons. The van der Waals surface area contributed by atoms with E-state index in [1.807, 2.05) is 44.2 Å². The maximum Gasteiger partial charge on any atom is 0.244 e. The van der Waals surface area contributed by atoms with Crippen molar-refractivity contribution in [1.29, 1.82) is 0 Å². The molecule has 0 aliphatic carbocycles. The molecule has 214 valence electrons. The van der Waals surface area contributed by atoms with Crippen molar-refractivity contribution in [3.05, 3.63) is 99.0 Å². The van der Waals surface area contributed by atoms with Gasteiger partial charge in [-0.15, -0.1) is 0 Å². The second-order valence-corrected chi connectivity index (χ2v) is 12.7. The molecule has 11 heteroatoms. The topological polar surface area (TPSA) is 86.8 Å². The van der Waals surface area contributed by atoms with E-state index in [4.69, 9.17) is 34.8 Å². The first-order valence-corrected chi connectivity index (χ1v) is 15.7. The van der Waals surface area contributed by atoms with Gasteiger partial charge in [0.05, 0.1) is 11.9 Å². The molecule has 0 saturated carbocycles. The molecule has 1 N–H and O–H groups in total. The summed E-state index contributed by atoms with van der Waals surface area (Å²) in [4.78, 5) is 29.1. The van der Waals surface area contributed by atoms with Crippen LogP contribution in [0.3, 0.4) is 0 Å². The SMILES string of the molecule is CCC(C)NC(=O)C(Cc1ccccc1)N(Cc1ccccc1Cl)C(=O)CN(c1cc(Cl)cc(Cl)c1)S(C)(=O)=O. The number of carbonyl (C=O) groups is 2. The van der Waals surface area contributed by atoms with Crippen LogP contribution >= 0.6 is 34.8 Å². The van der Waals surface area contributed by atoms with Crippen LogP contribution in [-0.2, 0) is 32.6 Å². The lowest BCUT2D eigenvalue weighted by Crippen LogP contribution is -2.54. The van der Waals surface area contributed by atoms with E-state index in [-0.39, 0.29) is 40.6 Å². The number of halogens is 3. The molecule has 2 amide bonds. The van der Waals surface area contributed by atoms with Crippen LogP contribution < -0.4 is 9.62 Å². The van der Waals surface area contributed by atoms with Gasteiger partial charge < -0.3 is 10.2 Å². The highest BCUT2D eigenvalue weighted by atomic mass is 35.5. The van der Waals surface area contributed by atoms with Crippen LogP contribution in [0.5, 0.6) is 0 Å². The van der Waals surface area contributed by atoms with Crippen molar-refractivity contribution < 1.29 is 18.0 Å². The molecular formula is C29H32Cl3N3O4S. The summed E-state index contributed by atoms with van der Waals surface area (Å²) in [7, 11) is -3.95. The molecule has 2 unspecified atom stereocenters. The quantitative estimate of drug-likeness (QED) is 0.269. The molecule has 0 saturated heterocycles. The van der Waals surface area contributed by atoms with Gasteiger partial charge in [0.2, 0.25) is 21.8 Å². The molecule has 0 spiro atoms. The van der Waals surface area contributed by atoms with Gasteiger partial charge >= 0.3 is 0 Å². The summed E-state index contributed by atoms with van der Waals surface area (Å²) in [5, 5.41) is 3.83. The van der Waals surface area contributed by atoms with E-state index in [0.717, 1.165) is 16.1 Å². The van der Waals surface area contributed by atoms with Crippen molar-refractivity contribution in [2.75, 3.05) is 17.1 Å². The predicted octanol–water partition coefficient (Wildman–Crippen LogP) is 5.97. The minimum absolute atomic E-state index is 0.0160. The molecule has 3 rings (SSSR count). The monoisotopic (exact) mass is 623 g/mol. The molecule has 7 nitrogen and oxygen atoms in total. The predicted molar refractivity (Wildman–Crippen MR) is 162 cm³/mol. The average Bonchev–Trinajstić information content (AvgIpc) is 2.89. The molecule has 40 heavy (non-hydrogen) atoms. The van der Waals surface area contributed by atoms with Crippen LogP contribution in [-0.4, -0.2) is 50.0 Å². The Morgan fingerprint density at radius 1 is 0.925 bits per heavy atom. The van der Waals surface area contributed by atoms with Gasteiger partial charge in [0.15, 0.2) is 0 Å². The molecule has 0 aliphatic heterocycles. The molecule has 3 aromatic rings. The molecule has 0 fully saturated rings. The molecule has 3 aromatic carbocycles. The van der Waals surface area contributed by atoms with Crippen LogP contribution in [0.15, 0.2) is 72.8 Å². The van der Waals surface area contributed by atoms with Crippen molar-refractivity contribution in [3.8, 4) is 0 Å². The maximum atomic E-state index is 14.1. The number of anilines is 1. The first kappa shape index (κ1) is 31.7. The van der Waals surface area contributed by atoms with Crippen molar-refractivity contribution >= 4 is 62.3 Å². The number of nitrogens with zero attached hydrogens (tertiary/aromatic N) is 2. The van der Waals surface area contributed by atoms with Crippen molar-refractivity contribution in [2.45, 2.75) is 45.3 Å². The minimum atomic E-state index is -3.95. The van der Waals surface area contributed by atoms with E-state index in [1.54, 1.807) is 24.3 Å². The highest BCUT2D eigenvalue weighted by molar-refractivity contribution is 7.92. The van der Waals surface area contributed by atoms with Crippen molar-refractivity contribution in [3.63, 3.8) is 0 Å². The number of benzene rings is 3. The normalized spacial score (nSPS) is 12.8. The highest BCUT2D eigenvalue weighted by Crippen LogP contribution is 2.28. The third kappa shape index (κ3) is 8.86. The zero-order valence-electron chi connectivity index (χ0n) is 22.5. The number of hydrogen-bond donors (Lipinski definition) is 1. The second-order valence-electron chi connectivity index (χ2n) is 9.53. The Balaban J connectivity index is 2.09. The van der Waals surface area contributed by atoms with Gasteiger partial charge in [0.1, 0.15) is 12.6 Å². The summed E-state index contributed by atoms with van der Waals surface area (Å²) in [6.07, 6.45) is 1.89. The van der Waals surface area contributed by atoms with Gasteiger partial charge in [-0.25, -0.2) is 8.42 Å². The number of hydrogen-bond acceptors (Lipinski definition) is 4. The highest BCUT2D eigenvalue weighted by Gasteiger charge is 2.33. The van der Waals surface area contributed by atoms with E-state index < -0.39 is 28.5 Å². The Labute approximate surface area is 251 Å². The summed E-state index contributed by atoms with van der Waals surface area (Å²) >= 11 is 18.7. The van der Waals surface area contributed by atoms with E-state index in [1.165, 1.54) is 23.1 Å². The number of sulfonamides is 1. The lowest BCUT2D eigenvalue weighted by molar-refractivity contribution is -0.140. The number of carbonyl (C=O) groups excluding carboxylic acids is 2. The van der Waals surface area contributed by atoms with Gasteiger partial charge in [-0.1, -0.05) is 90.3 Å². The fraction of sp³-hybridized carbons (Fsp3) is 0.310. The van der Waals surface area contributed by atoms with E-state index in [0.29, 0.717) is 17.0 Å². The number of amides is 2. The molecule has 2 atom stereocenters. The van der Waals surface area contributed by atoms with Gasteiger partial charge in [0, 0.05) is 34.1 Å². The van der Waals surface area contributed by atoms with Crippen molar-refractivity contribution in [1.82, 2.24) is 10.2 Å². The third-order valence-electron chi connectivity index (χ3n) is 6.39. The second kappa shape index (κ2) is 14.2. The fourth-order valence-electron chi connectivity index (χ4n) is 4.10. The van der Waals surface area contributed by atoms with Gasteiger partial charge in [0.25, 0.3) is 0 Å². The molecule has 0 aliphatic rings. The summed E-state index contributed by atoms with van der Waals surface area (Å²) in [5.41, 5.74) is 1.59. The lowest BCUT2D eigenvalue weighted by Gasteiger charge is -2.34. The first-order chi connectivity index (χ1) is 18.9. The zero-order valence-corrected chi connectivity index (χ0v) is 25.6. The van der Waals surface area contributed by atoms with Gasteiger partial charge in [-0.3, -0.25) is 13.9 Å². The van der Waals surface area contributed by atoms with Crippen LogP contribution in [0.1, 0.15) is 31.4 Å². The summed E-state index contributed by atoms with van der Waals surface area (Å²) in [6, 6.07) is 19.5. The van der Waals surface area contributed by atoms with Crippen LogP contribution in [0.4, 0.5) is 5.69 Å². The van der Waals surface area contributed by atoms with Crippen LogP contribution in [0.25, 0.3) is 0 Å². The Morgan fingerprint density at radius 2 is 1.52 bits per heavy atom. The van der Waals surface area contributed by atoms with Crippen LogP contribution in [0.2, 0.25) is 15.1 Å². The summed E-state index contributed by atoms with van der Waals surface area (Å²) in [5.74, 6) is -0.947. The summed E-state index contributed by atoms with van der Waals surface area (Å²) < 4.78 is 26.7. The summed E-state index contributed by atoms with van der Waals surface area (Å²) in [6.45, 7) is 3.23. The van der Waals surface area contributed by atoms with E-state index in [2.05, 4.69) is 5.32 Å². The Kier molecular flexibility index (Phi) is 11.3. The van der Waals surface area contributed by atoms with E-state index >= 15 is 0 Å². The minimum Gasteiger partial charge on any atom is -0.352 e. The van der Waals surface area contributed by atoms with Crippen molar-refractivity contribution in [2.24, 2.45) is 0 Å². The zero-order chi connectivity index (χ0) is 29.4. The third-order valence-corrected chi connectivity index (χ3v) is 8.33. The lowest BCUT2D eigenvalue weighted by atomic mass is 10.0.